The van der Waals surface area contributed by atoms with Crippen LogP contribution in [0, 0.1) is 50.2 Å². The maximum Gasteiger partial charge on any atom is 0.315 e. The van der Waals surface area contributed by atoms with Crippen molar-refractivity contribution in [2.45, 2.75) is 297 Å². The Hall–Kier alpha value is -1.99. The van der Waals surface area contributed by atoms with Gasteiger partial charge < -0.3 is 154 Å². The van der Waals surface area contributed by atoms with Crippen molar-refractivity contribution in [3.8, 4) is 0 Å². The van der Waals surface area contributed by atoms with Crippen molar-refractivity contribution in [2.24, 2.45) is 50.2 Å². The molecule has 6 aliphatic heterocycles. The monoisotopic (exact) mass is 1400 g/mol. The second kappa shape index (κ2) is 28.8. The summed E-state index contributed by atoms with van der Waals surface area (Å²) in [4.78, 5) is 15.3. The second-order valence-electron chi connectivity index (χ2n) is 31.3. The fourth-order valence-electron chi connectivity index (χ4n) is 19.0. The van der Waals surface area contributed by atoms with Crippen LogP contribution < -0.4 is 0 Å². The van der Waals surface area contributed by atoms with Crippen LogP contribution in [0.1, 0.15) is 113 Å². The highest BCUT2D eigenvalue weighted by Crippen LogP contribution is 2.76. The molecule has 38 unspecified atom stereocenters. The lowest BCUT2D eigenvalue weighted by Crippen LogP contribution is -2.68. The molecule has 5 aliphatic carbocycles. The molecule has 97 heavy (non-hydrogen) atoms. The summed E-state index contributed by atoms with van der Waals surface area (Å²) in [5, 5.41) is 206. The van der Waals surface area contributed by atoms with Gasteiger partial charge in [-0.05, 0) is 111 Å². The summed E-state index contributed by atoms with van der Waals surface area (Å²) in [6.45, 7) is 10.5. The number of allylic oxidation sites excluding steroid dienone is 2. The summed E-state index contributed by atoms with van der Waals surface area (Å²) >= 11 is 0. The van der Waals surface area contributed by atoms with Crippen LogP contribution in [0.3, 0.4) is 0 Å². The number of carbonyl (C=O) groups excluding carboxylic acids is 1. The number of hydrogen-bond donors (Lipinski definition) is 19. The molecule has 0 aromatic rings. The molecular formula is C65H106O32. The zero-order chi connectivity index (χ0) is 70.7. The first-order chi connectivity index (χ1) is 45.6. The van der Waals surface area contributed by atoms with E-state index >= 15 is 4.79 Å². The Morgan fingerprint density at radius 1 is 0.495 bits per heavy atom. The number of carbonyl (C=O) groups is 1. The number of aliphatic hydroxyl groups is 19. The van der Waals surface area contributed by atoms with Crippen LogP contribution >= 0.6 is 0 Å². The summed E-state index contributed by atoms with van der Waals surface area (Å²) in [7, 11) is 0. The van der Waals surface area contributed by atoms with Crippen LogP contribution in [0.15, 0.2) is 11.6 Å². The summed E-state index contributed by atoms with van der Waals surface area (Å²) in [5.41, 5.74) is -2.70. The predicted molar refractivity (Wildman–Crippen MR) is 322 cm³/mol. The van der Waals surface area contributed by atoms with E-state index in [-0.39, 0.29) is 23.2 Å². The average molecular weight is 1400 g/mol. The van der Waals surface area contributed by atoms with Gasteiger partial charge in [-0.3, -0.25) is 4.79 Å². The van der Waals surface area contributed by atoms with E-state index in [1.807, 2.05) is 6.92 Å². The van der Waals surface area contributed by atoms with Crippen molar-refractivity contribution in [1.29, 1.82) is 0 Å². The normalized spacial score (nSPS) is 54.7. The van der Waals surface area contributed by atoms with Crippen molar-refractivity contribution in [3.63, 3.8) is 0 Å². The molecule has 0 radical (unpaired) electrons. The highest BCUT2D eigenvalue weighted by atomic mass is 16.8. The number of aliphatic hydroxyl groups excluding tert-OH is 19. The lowest BCUT2D eigenvalue weighted by Gasteiger charge is -2.71. The standard InChI is InChI=1S/C65H106O32/c1-25-36(70)41(75)47(81)54(88-25)96-52-51(95-56-49(83)44(78)39(73)30(21-68)91-56)32(93-55-48(82)43(77)38(72)29(20-67)90-55)23-87-58(52)94-35-11-12-61(4)33(62(35,5)24-69)10-13-64(7)34(61)9-8-26-27-18-60(2,3)14-16-65(27,17-15-63(26,64)6)59(85)97-57-50(84)45(79)40(74)31(92-57)22-86-53-46(80)42(76)37(71)28(19-66)89-53/h8,25,27-58,66-84H,9-24H2,1-7H3. The van der Waals surface area contributed by atoms with Crippen LogP contribution in [0.25, 0.3) is 0 Å². The van der Waals surface area contributed by atoms with Crippen molar-refractivity contribution < 1.29 is 159 Å². The van der Waals surface area contributed by atoms with E-state index in [2.05, 4.69) is 40.7 Å². The first-order valence-corrected chi connectivity index (χ1v) is 34.3. The lowest BCUT2D eigenvalue weighted by molar-refractivity contribution is -0.403. The number of ether oxygens (including phenoxy) is 12. The molecule has 0 amide bonds. The topological polar surface area (TPSA) is 512 Å². The fourth-order valence-corrected chi connectivity index (χ4v) is 19.0. The van der Waals surface area contributed by atoms with Gasteiger partial charge in [0.05, 0.1) is 57.3 Å². The smallest absolute Gasteiger partial charge is 0.315 e. The van der Waals surface area contributed by atoms with Gasteiger partial charge in [0, 0.05) is 5.41 Å². The van der Waals surface area contributed by atoms with Gasteiger partial charge in [0.1, 0.15) is 134 Å². The number of hydrogen-bond acceptors (Lipinski definition) is 32. The van der Waals surface area contributed by atoms with Crippen molar-refractivity contribution in [2.75, 3.05) is 39.6 Å². The zero-order valence-electron chi connectivity index (χ0n) is 55.7. The Balaban J connectivity index is 0.861. The highest BCUT2D eigenvalue weighted by Gasteiger charge is 2.71. The number of rotatable bonds is 17. The van der Waals surface area contributed by atoms with Crippen LogP contribution in [-0.2, 0) is 61.6 Å². The van der Waals surface area contributed by atoms with Gasteiger partial charge in [-0.1, -0.05) is 53.2 Å². The molecule has 0 spiro atoms. The molecule has 6 saturated heterocycles. The third-order valence-electron chi connectivity index (χ3n) is 25.4. The van der Waals surface area contributed by atoms with Crippen LogP contribution in [0.2, 0.25) is 0 Å². The number of esters is 1. The summed E-state index contributed by atoms with van der Waals surface area (Å²) in [6.07, 6.45) is -43.6. The minimum atomic E-state index is -2.03. The van der Waals surface area contributed by atoms with E-state index in [9.17, 15) is 97.0 Å². The summed E-state index contributed by atoms with van der Waals surface area (Å²) in [6, 6.07) is 0. The molecule has 38 atom stereocenters. The summed E-state index contributed by atoms with van der Waals surface area (Å²) < 4.78 is 73.6. The number of fused-ring (bicyclic) bond motifs is 7. The first kappa shape index (κ1) is 76.1. The van der Waals surface area contributed by atoms with E-state index in [1.54, 1.807) is 0 Å². The largest absolute Gasteiger partial charge is 0.432 e. The molecule has 11 aliphatic rings. The third kappa shape index (κ3) is 13.2. The lowest BCUT2D eigenvalue weighted by atomic mass is 9.33. The Morgan fingerprint density at radius 3 is 1.57 bits per heavy atom. The second-order valence-corrected chi connectivity index (χ2v) is 31.3. The van der Waals surface area contributed by atoms with Crippen molar-refractivity contribution >= 4 is 5.97 Å². The maximum absolute atomic E-state index is 15.3. The quantitative estimate of drug-likeness (QED) is 0.0366. The summed E-state index contributed by atoms with van der Waals surface area (Å²) in [5.74, 6) is -1.26. The predicted octanol–water partition coefficient (Wildman–Crippen LogP) is -5.75. The minimum Gasteiger partial charge on any atom is -0.432 e. The van der Waals surface area contributed by atoms with E-state index in [0.29, 0.717) is 64.2 Å². The van der Waals surface area contributed by atoms with E-state index in [0.717, 1.165) is 5.57 Å². The molecule has 558 valence electrons. The Morgan fingerprint density at radius 2 is 0.990 bits per heavy atom. The minimum absolute atomic E-state index is 0.0106. The zero-order valence-corrected chi connectivity index (χ0v) is 55.7. The Bertz CT molecular complexity index is 2710. The SMILES string of the molecule is CC1OC(OC2C(OC3CCC4(C)C(CCC5(C)C4CC=C4C6CC(C)(C)CCC6(C(=O)OC6OC(COC7OC(CO)C(O)C(O)C7O)C(O)C(O)C6O)CCC45C)C3(C)CO)OCC(OC3OC(CO)C(O)C(O)C3O)C2OC2OC(CO)C(O)C(O)C2O)C(O)C(O)C1O. The van der Waals surface area contributed by atoms with E-state index in [4.69, 9.17) is 56.8 Å². The molecule has 32 nitrogen and oxygen atoms in total. The first-order valence-electron chi connectivity index (χ1n) is 34.3. The van der Waals surface area contributed by atoms with Gasteiger partial charge in [0.2, 0.25) is 6.29 Å². The molecule has 0 aromatic carbocycles. The van der Waals surface area contributed by atoms with Gasteiger partial charge in [-0.15, -0.1) is 0 Å². The van der Waals surface area contributed by atoms with E-state index in [1.165, 1.54) is 6.92 Å². The van der Waals surface area contributed by atoms with Gasteiger partial charge >= 0.3 is 5.97 Å². The average Bonchev–Trinajstić information content (AvgIpc) is 0.676. The molecule has 11 rings (SSSR count). The van der Waals surface area contributed by atoms with E-state index < -0.39 is 257 Å². The highest BCUT2D eigenvalue weighted by molar-refractivity contribution is 5.79. The molecule has 0 bridgehead atoms. The molecule has 10 fully saturated rings. The van der Waals surface area contributed by atoms with Crippen LogP contribution in [0.5, 0.6) is 0 Å². The van der Waals surface area contributed by atoms with Gasteiger partial charge in [0.15, 0.2) is 31.5 Å². The van der Waals surface area contributed by atoms with Gasteiger partial charge in [0.25, 0.3) is 0 Å². The Labute approximate surface area is 561 Å². The molecule has 4 saturated carbocycles. The molecule has 0 aromatic heterocycles. The van der Waals surface area contributed by atoms with Crippen molar-refractivity contribution in [3.05, 3.63) is 11.6 Å². The van der Waals surface area contributed by atoms with Crippen LogP contribution in [-0.4, -0.2) is 327 Å². The third-order valence-corrected chi connectivity index (χ3v) is 25.4. The molecule has 6 heterocycles. The Kier molecular flexibility index (Phi) is 22.6. The molecular weight excluding hydrogens is 1290 g/mol. The van der Waals surface area contributed by atoms with Crippen molar-refractivity contribution in [1.82, 2.24) is 0 Å². The fraction of sp³-hybridized carbons (Fsp3) is 0.954. The van der Waals surface area contributed by atoms with Gasteiger partial charge in [-0.25, -0.2) is 0 Å². The van der Waals surface area contributed by atoms with Gasteiger partial charge in [-0.2, -0.15) is 0 Å². The maximum atomic E-state index is 15.3. The molecule has 19 N–H and O–H groups in total. The van der Waals surface area contributed by atoms with Crippen LogP contribution in [0.4, 0.5) is 0 Å². The molecule has 32 heteroatoms.